The molecule has 0 spiro atoms. The highest BCUT2D eigenvalue weighted by Gasteiger charge is 1.92. The van der Waals surface area contributed by atoms with E-state index in [2.05, 4.69) is 20.9 Å². The Kier molecular flexibility index (Phi) is 5.92. The monoisotopic (exact) mass is 255 g/mol. The fraction of sp³-hybridized carbons (Fsp3) is 0.286. The molecular weight excluding hydrogens is 249 g/mol. The van der Waals surface area contributed by atoms with Gasteiger partial charge in [-0.15, -0.1) is 12.4 Å². The van der Waals surface area contributed by atoms with E-state index in [0.29, 0.717) is 5.15 Å². The number of pyridine rings is 1. The molecule has 0 unspecified atom stereocenters. The van der Waals surface area contributed by atoms with Crippen molar-refractivity contribution in [2.75, 3.05) is 5.33 Å². The zero-order chi connectivity index (χ0) is 7.40. The van der Waals surface area contributed by atoms with Crippen LogP contribution in [0.3, 0.4) is 0 Å². The summed E-state index contributed by atoms with van der Waals surface area (Å²) in [6.45, 7) is 0. The predicted octanol–water partition coefficient (Wildman–Crippen LogP) is 3.09. The molecule has 1 aromatic heterocycles. The molecule has 1 rings (SSSR count). The maximum Gasteiger partial charge on any atom is 0.129 e. The highest BCUT2D eigenvalue weighted by atomic mass is 79.9. The first-order valence-corrected chi connectivity index (χ1v) is 4.50. The minimum Gasteiger partial charge on any atom is -0.241 e. The molecule has 0 radical (unpaired) electrons. The minimum absolute atomic E-state index is 0. The predicted molar refractivity (Wildman–Crippen MR) is 54.0 cm³/mol. The first-order chi connectivity index (χ1) is 4.83. The smallest absolute Gasteiger partial charge is 0.129 e. The summed E-state index contributed by atoms with van der Waals surface area (Å²) in [5.74, 6) is 0. The molecule has 0 bridgehead atoms. The molecule has 0 saturated heterocycles. The number of aromatic nitrogens is 1. The van der Waals surface area contributed by atoms with Gasteiger partial charge >= 0.3 is 0 Å². The molecule has 1 aromatic rings. The van der Waals surface area contributed by atoms with Crippen molar-refractivity contribution in [3.63, 3.8) is 0 Å². The Morgan fingerprint density at radius 2 is 2.18 bits per heavy atom. The second-order valence-electron chi connectivity index (χ2n) is 1.89. The maximum atomic E-state index is 5.65. The van der Waals surface area contributed by atoms with Crippen molar-refractivity contribution in [3.05, 3.63) is 29.0 Å². The van der Waals surface area contributed by atoms with Crippen LogP contribution in [-0.2, 0) is 6.42 Å². The summed E-state index contributed by atoms with van der Waals surface area (Å²) in [6, 6.07) is 5.65. The molecule has 1 nitrogen and oxygen atoms in total. The van der Waals surface area contributed by atoms with Crippen molar-refractivity contribution in [3.8, 4) is 0 Å². The van der Waals surface area contributed by atoms with Crippen LogP contribution in [0, 0.1) is 0 Å². The molecule has 0 fully saturated rings. The molecular formula is C7H8BrCl2N. The van der Waals surface area contributed by atoms with Gasteiger partial charge in [0.2, 0.25) is 0 Å². The van der Waals surface area contributed by atoms with Gasteiger partial charge in [-0.1, -0.05) is 33.6 Å². The molecule has 1 heterocycles. The molecule has 0 saturated carbocycles. The second kappa shape index (κ2) is 5.81. The Hall–Kier alpha value is 0.210. The number of hydrogen-bond acceptors (Lipinski definition) is 1. The van der Waals surface area contributed by atoms with Gasteiger partial charge in [-0.2, -0.15) is 0 Å². The van der Waals surface area contributed by atoms with E-state index in [-0.39, 0.29) is 12.4 Å². The Morgan fingerprint density at radius 1 is 1.45 bits per heavy atom. The van der Waals surface area contributed by atoms with E-state index in [1.54, 1.807) is 6.07 Å². The average molecular weight is 257 g/mol. The van der Waals surface area contributed by atoms with Crippen LogP contribution in [0.15, 0.2) is 18.2 Å². The number of aryl methyl sites for hydroxylation is 1. The van der Waals surface area contributed by atoms with Gasteiger partial charge in [-0.25, -0.2) is 4.98 Å². The van der Waals surface area contributed by atoms with Crippen LogP contribution in [0.1, 0.15) is 5.69 Å². The molecule has 4 heteroatoms. The van der Waals surface area contributed by atoms with Gasteiger partial charge in [0.1, 0.15) is 5.15 Å². The molecule has 0 aliphatic carbocycles. The van der Waals surface area contributed by atoms with Crippen LogP contribution in [0.25, 0.3) is 0 Å². The summed E-state index contributed by atoms with van der Waals surface area (Å²) >= 11 is 8.98. The minimum atomic E-state index is 0. The zero-order valence-electron chi connectivity index (χ0n) is 5.76. The number of nitrogens with zero attached hydrogens (tertiary/aromatic N) is 1. The average Bonchev–Trinajstić information content (AvgIpc) is 1.88. The molecule has 0 atom stereocenters. The van der Waals surface area contributed by atoms with Crippen molar-refractivity contribution in [2.24, 2.45) is 0 Å². The van der Waals surface area contributed by atoms with Gasteiger partial charge < -0.3 is 0 Å². The van der Waals surface area contributed by atoms with Crippen molar-refractivity contribution >= 4 is 39.9 Å². The maximum absolute atomic E-state index is 5.65. The van der Waals surface area contributed by atoms with Crippen LogP contribution in [0.4, 0.5) is 0 Å². The van der Waals surface area contributed by atoms with E-state index < -0.39 is 0 Å². The second-order valence-corrected chi connectivity index (χ2v) is 3.07. The third kappa shape index (κ3) is 3.94. The lowest BCUT2D eigenvalue weighted by Crippen LogP contribution is -1.89. The first-order valence-electron chi connectivity index (χ1n) is 3.00. The van der Waals surface area contributed by atoms with Gasteiger partial charge in [0, 0.05) is 11.0 Å². The van der Waals surface area contributed by atoms with Gasteiger partial charge in [0.05, 0.1) is 0 Å². The first kappa shape index (κ1) is 11.2. The van der Waals surface area contributed by atoms with E-state index in [4.69, 9.17) is 11.6 Å². The zero-order valence-corrected chi connectivity index (χ0v) is 8.92. The number of rotatable bonds is 2. The van der Waals surface area contributed by atoms with Gasteiger partial charge in [0.25, 0.3) is 0 Å². The fourth-order valence-electron chi connectivity index (χ4n) is 0.686. The van der Waals surface area contributed by atoms with E-state index in [0.717, 1.165) is 17.4 Å². The molecule has 62 valence electrons. The molecule has 11 heavy (non-hydrogen) atoms. The highest BCUT2D eigenvalue weighted by molar-refractivity contribution is 9.09. The van der Waals surface area contributed by atoms with Crippen LogP contribution >= 0.6 is 39.9 Å². The lowest BCUT2D eigenvalue weighted by molar-refractivity contribution is 1.05. The van der Waals surface area contributed by atoms with Gasteiger partial charge in [-0.05, 0) is 18.6 Å². The lowest BCUT2D eigenvalue weighted by Gasteiger charge is -1.95. The normalized spacial score (nSPS) is 8.91. The van der Waals surface area contributed by atoms with Crippen molar-refractivity contribution < 1.29 is 0 Å². The Morgan fingerprint density at radius 3 is 2.73 bits per heavy atom. The third-order valence-corrected chi connectivity index (χ3v) is 1.73. The molecule has 0 amide bonds. The van der Waals surface area contributed by atoms with Crippen LogP contribution in [0.5, 0.6) is 0 Å². The third-order valence-electron chi connectivity index (χ3n) is 1.12. The SMILES string of the molecule is Cl.Clc1cccc(CCBr)n1. The van der Waals surface area contributed by atoms with Crippen molar-refractivity contribution in [1.82, 2.24) is 4.98 Å². The number of alkyl halides is 1. The number of hydrogen-bond donors (Lipinski definition) is 0. The fourth-order valence-corrected chi connectivity index (χ4v) is 1.27. The molecule has 0 aliphatic heterocycles. The molecule has 0 aromatic carbocycles. The number of halogens is 3. The van der Waals surface area contributed by atoms with Gasteiger partial charge in [-0.3, -0.25) is 0 Å². The summed E-state index contributed by atoms with van der Waals surface area (Å²) in [4.78, 5) is 4.10. The Labute approximate surface area is 85.7 Å². The highest BCUT2D eigenvalue weighted by Crippen LogP contribution is 2.05. The van der Waals surface area contributed by atoms with Crippen LogP contribution < -0.4 is 0 Å². The van der Waals surface area contributed by atoms with E-state index in [1.165, 1.54) is 0 Å². The van der Waals surface area contributed by atoms with E-state index >= 15 is 0 Å². The molecule has 0 aliphatic rings. The van der Waals surface area contributed by atoms with Gasteiger partial charge in [0.15, 0.2) is 0 Å². The summed E-state index contributed by atoms with van der Waals surface area (Å²) in [5, 5.41) is 1.50. The Bertz CT molecular complexity index is 217. The topological polar surface area (TPSA) is 12.9 Å². The van der Waals surface area contributed by atoms with Crippen molar-refractivity contribution in [1.29, 1.82) is 0 Å². The summed E-state index contributed by atoms with van der Waals surface area (Å²) in [7, 11) is 0. The molecule has 0 N–H and O–H groups in total. The summed E-state index contributed by atoms with van der Waals surface area (Å²) in [5.41, 5.74) is 1.03. The van der Waals surface area contributed by atoms with Crippen LogP contribution in [0.2, 0.25) is 5.15 Å². The largest absolute Gasteiger partial charge is 0.241 e. The lowest BCUT2D eigenvalue weighted by atomic mass is 10.3. The summed E-state index contributed by atoms with van der Waals surface area (Å²) in [6.07, 6.45) is 0.931. The quantitative estimate of drug-likeness (QED) is 0.586. The van der Waals surface area contributed by atoms with E-state index in [1.807, 2.05) is 12.1 Å². The Balaban J connectivity index is 0.000001000. The van der Waals surface area contributed by atoms with Crippen LogP contribution in [-0.4, -0.2) is 10.3 Å². The van der Waals surface area contributed by atoms with E-state index in [9.17, 15) is 0 Å². The standard InChI is InChI=1S/C7H7BrClN.ClH/c8-5-4-6-2-1-3-7(9)10-6;/h1-3H,4-5H2;1H. The summed E-state index contributed by atoms with van der Waals surface area (Å²) < 4.78 is 0. The van der Waals surface area contributed by atoms with Crippen molar-refractivity contribution in [2.45, 2.75) is 6.42 Å².